The van der Waals surface area contributed by atoms with Crippen LogP contribution in [-0.2, 0) is 17.9 Å². The molecule has 1 fully saturated rings. The maximum Gasteiger partial charge on any atom is 0.240 e. The molecule has 0 saturated carbocycles. The summed E-state index contributed by atoms with van der Waals surface area (Å²) in [4.78, 5) is 19.0. The van der Waals surface area contributed by atoms with Gasteiger partial charge in [-0.2, -0.15) is 0 Å². The van der Waals surface area contributed by atoms with Crippen molar-refractivity contribution in [2.24, 2.45) is 0 Å². The third kappa shape index (κ3) is 4.17. The molecule has 0 spiro atoms. The van der Waals surface area contributed by atoms with E-state index in [0.29, 0.717) is 12.1 Å². The fraction of sp³-hybridized carbons (Fsp3) is 0.333. The second kappa shape index (κ2) is 7.88. The van der Waals surface area contributed by atoms with Crippen LogP contribution in [0.5, 0.6) is 0 Å². The number of halogens is 1. The van der Waals surface area contributed by atoms with Crippen LogP contribution >= 0.6 is 0 Å². The molecule has 1 atom stereocenters. The van der Waals surface area contributed by atoms with Crippen molar-refractivity contribution in [2.45, 2.75) is 32.0 Å². The highest BCUT2D eigenvalue weighted by molar-refractivity contribution is 5.80. The van der Waals surface area contributed by atoms with Gasteiger partial charge in [0.1, 0.15) is 12.4 Å². The smallest absolute Gasteiger partial charge is 0.240 e. The minimum Gasteiger partial charge on any atom is -0.351 e. The Morgan fingerprint density at radius 2 is 2.00 bits per heavy atom. The Morgan fingerprint density at radius 1 is 1.19 bits per heavy atom. The van der Waals surface area contributed by atoms with Crippen LogP contribution in [0.3, 0.4) is 0 Å². The lowest BCUT2D eigenvalue weighted by Gasteiger charge is -2.33. The Hall–Kier alpha value is -2.73. The Kier molecular flexibility index (Phi) is 5.16. The number of rotatable bonds is 5. The van der Waals surface area contributed by atoms with Crippen molar-refractivity contribution >= 4 is 16.9 Å². The van der Waals surface area contributed by atoms with Gasteiger partial charge in [0.2, 0.25) is 5.91 Å². The van der Waals surface area contributed by atoms with E-state index in [2.05, 4.69) is 15.2 Å². The van der Waals surface area contributed by atoms with Gasteiger partial charge in [0.15, 0.2) is 0 Å². The normalized spacial score (nSPS) is 17.9. The second-order valence-electron chi connectivity index (χ2n) is 7.09. The molecule has 140 valence electrons. The molecule has 2 aromatic carbocycles. The van der Waals surface area contributed by atoms with Crippen LogP contribution in [0.15, 0.2) is 54.9 Å². The molecule has 1 amide bonds. The van der Waals surface area contributed by atoms with Crippen LogP contribution in [-0.4, -0.2) is 39.5 Å². The third-order valence-corrected chi connectivity index (χ3v) is 5.06. The average molecular weight is 366 g/mol. The summed E-state index contributed by atoms with van der Waals surface area (Å²) < 4.78 is 15.8. The molecule has 1 aromatic heterocycles. The number of carbonyl (C=O) groups excluding carboxylic acids is 1. The molecule has 0 bridgehead atoms. The minimum absolute atomic E-state index is 0.0177. The van der Waals surface area contributed by atoms with Gasteiger partial charge in [-0.15, -0.1) is 0 Å². The van der Waals surface area contributed by atoms with Crippen molar-refractivity contribution in [3.8, 4) is 0 Å². The Bertz CT molecular complexity index is 939. The summed E-state index contributed by atoms with van der Waals surface area (Å²) >= 11 is 0. The van der Waals surface area contributed by atoms with Crippen molar-refractivity contribution in [1.29, 1.82) is 0 Å². The van der Waals surface area contributed by atoms with Gasteiger partial charge in [0, 0.05) is 24.7 Å². The summed E-state index contributed by atoms with van der Waals surface area (Å²) in [6, 6.07) is 14.8. The van der Waals surface area contributed by atoms with Crippen LogP contribution in [0.2, 0.25) is 0 Å². The van der Waals surface area contributed by atoms with E-state index in [1.807, 2.05) is 41.0 Å². The molecule has 1 aliphatic heterocycles. The zero-order chi connectivity index (χ0) is 18.6. The highest BCUT2D eigenvalue weighted by Gasteiger charge is 2.22. The molecule has 0 aliphatic carbocycles. The Morgan fingerprint density at radius 3 is 2.89 bits per heavy atom. The first-order valence-corrected chi connectivity index (χ1v) is 9.34. The summed E-state index contributed by atoms with van der Waals surface area (Å²) in [7, 11) is 0. The van der Waals surface area contributed by atoms with Crippen LogP contribution < -0.4 is 5.32 Å². The quantitative estimate of drug-likeness (QED) is 0.755. The number of benzene rings is 2. The number of hydrogen-bond donors (Lipinski definition) is 1. The van der Waals surface area contributed by atoms with Crippen molar-refractivity contribution in [1.82, 2.24) is 19.8 Å². The first-order valence-electron chi connectivity index (χ1n) is 9.34. The van der Waals surface area contributed by atoms with Gasteiger partial charge in [0.25, 0.3) is 0 Å². The molecule has 1 aliphatic rings. The zero-order valence-electron chi connectivity index (χ0n) is 15.1. The van der Waals surface area contributed by atoms with Crippen LogP contribution in [0.4, 0.5) is 4.39 Å². The number of aromatic nitrogens is 2. The lowest BCUT2D eigenvalue weighted by molar-refractivity contribution is -0.122. The van der Waals surface area contributed by atoms with E-state index in [4.69, 9.17) is 0 Å². The van der Waals surface area contributed by atoms with Gasteiger partial charge in [-0.3, -0.25) is 9.69 Å². The second-order valence-corrected chi connectivity index (χ2v) is 7.09. The van der Waals surface area contributed by atoms with E-state index in [1.165, 1.54) is 6.07 Å². The molecule has 2 heterocycles. The number of carbonyl (C=O) groups is 1. The van der Waals surface area contributed by atoms with Crippen molar-refractivity contribution in [3.05, 3.63) is 66.2 Å². The molecule has 5 nitrogen and oxygen atoms in total. The van der Waals surface area contributed by atoms with E-state index in [9.17, 15) is 9.18 Å². The molecular weight excluding hydrogens is 343 g/mol. The summed E-state index contributed by atoms with van der Waals surface area (Å²) in [6.45, 7) is 2.49. The fourth-order valence-corrected chi connectivity index (χ4v) is 3.75. The first-order chi connectivity index (χ1) is 13.2. The maximum absolute atomic E-state index is 13.9. The highest BCUT2D eigenvalue weighted by atomic mass is 19.1. The number of piperidine rings is 1. The molecule has 0 radical (unpaired) electrons. The van der Waals surface area contributed by atoms with Gasteiger partial charge in [0.05, 0.1) is 17.4 Å². The third-order valence-electron chi connectivity index (χ3n) is 5.06. The van der Waals surface area contributed by atoms with Crippen LogP contribution in [0, 0.1) is 5.82 Å². The van der Waals surface area contributed by atoms with Crippen LogP contribution in [0.25, 0.3) is 11.0 Å². The summed E-state index contributed by atoms with van der Waals surface area (Å²) in [6.07, 6.45) is 3.65. The number of nitrogens with zero attached hydrogens (tertiary/aromatic N) is 3. The zero-order valence-corrected chi connectivity index (χ0v) is 15.1. The number of fused-ring (bicyclic) bond motifs is 1. The largest absolute Gasteiger partial charge is 0.351 e. The SMILES string of the molecule is O=C(Cn1cnc2ccccc21)N[C@@H]1CCCN(Cc2ccccc2F)C1. The van der Waals surface area contributed by atoms with Gasteiger partial charge < -0.3 is 9.88 Å². The monoisotopic (exact) mass is 366 g/mol. The van der Waals surface area contributed by atoms with Crippen molar-refractivity contribution in [2.75, 3.05) is 13.1 Å². The van der Waals surface area contributed by atoms with E-state index in [0.717, 1.165) is 37.0 Å². The summed E-state index contributed by atoms with van der Waals surface area (Å²) in [5.41, 5.74) is 2.55. The summed E-state index contributed by atoms with van der Waals surface area (Å²) in [5.74, 6) is -0.188. The number of imidazole rings is 1. The number of likely N-dealkylation sites (tertiary alicyclic amines) is 1. The van der Waals surface area contributed by atoms with Gasteiger partial charge in [-0.1, -0.05) is 30.3 Å². The van der Waals surface area contributed by atoms with Gasteiger partial charge in [-0.05, 0) is 37.6 Å². The molecule has 1 N–H and O–H groups in total. The molecular formula is C21H23FN4O. The number of para-hydroxylation sites is 2. The lowest BCUT2D eigenvalue weighted by Crippen LogP contribution is -2.48. The van der Waals surface area contributed by atoms with E-state index in [1.54, 1.807) is 12.4 Å². The highest BCUT2D eigenvalue weighted by Crippen LogP contribution is 2.16. The van der Waals surface area contributed by atoms with Gasteiger partial charge in [-0.25, -0.2) is 9.37 Å². The number of amides is 1. The van der Waals surface area contributed by atoms with Crippen molar-refractivity contribution < 1.29 is 9.18 Å². The average Bonchev–Trinajstić information content (AvgIpc) is 3.07. The minimum atomic E-state index is -0.171. The standard InChI is InChI=1S/C21H23FN4O/c22-18-8-2-1-6-16(18)12-25-11-5-7-17(13-25)24-21(27)14-26-15-23-19-9-3-4-10-20(19)26/h1-4,6,8-10,15,17H,5,7,11-14H2,(H,24,27)/t17-/m1/s1. The first kappa shape index (κ1) is 17.7. The fourth-order valence-electron chi connectivity index (χ4n) is 3.75. The molecule has 0 unspecified atom stereocenters. The molecule has 3 aromatic rings. The van der Waals surface area contributed by atoms with Gasteiger partial charge >= 0.3 is 0 Å². The predicted molar refractivity (Wildman–Crippen MR) is 103 cm³/mol. The Labute approximate surface area is 157 Å². The number of hydrogen-bond acceptors (Lipinski definition) is 3. The predicted octanol–water partition coefficient (Wildman–Crippen LogP) is 2.96. The van der Waals surface area contributed by atoms with Crippen molar-refractivity contribution in [3.63, 3.8) is 0 Å². The lowest BCUT2D eigenvalue weighted by atomic mass is 10.0. The van der Waals surface area contributed by atoms with E-state index < -0.39 is 0 Å². The van der Waals surface area contributed by atoms with Crippen LogP contribution in [0.1, 0.15) is 18.4 Å². The molecule has 6 heteroatoms. The molecule has 1 saturated heterocycles. The van der Waals surface area contributed by atoms with E-state index >= 15 is 0 Å². The maximum atomic E-state index is 13.9. The Balaban J connectivity index is 1.35. The van der Waals surface area contributed by atoms with E-state index in [-0.39, 0.29) is 24.3 Å². The topological polar surface area (TPSA) is 50.2 Å². The molecule has 4 rings (SSSR count). The molecule has 27 heavy (non-hydrogen) atoms. The summed E-state index contributed by atoms with van der Waals surface area (Å²) in [5, 5.41) is 3.13. The number of nitrogens with one attached hydrogen (secondary N) is 1.